The number of benzene rings is 2. The molecule has 0 saturated carbocycles. The molecule has 3 rings (SSSR count). The second-order valence-corrected chi connectivity index (χ2v) is 5.79. The Bertz CT molecular complexity index is 976. The molecule has 0 amide bonds. The Labute approximate surface area is 150 Å². The summed E-state index contributed by atoms with van der Waals surface area (Å²) in [7, 11) is 0. The molecule has 0 fully saturated rings. The van der Waals surface area contributed by atoms with Crippen LogP contribution in [0.15, 0.2) is 60.7 Å². The number of nitrogen functional groups attached to an aromatic ring is 1. The minimum atomic E-state index is -4.54. The molecule has 3 aromatic rings. The number of aromatic nitrogens is 1. The lowest BCUT2D eigenvalue weighted by atomic mass is 10.0. The molecule has 2 nitrogen and oxygen atoms in total. The zero-order valence-electron chi connectivity index (χ0n) is 13.6. The molecule has 0 atom stereocenters. The van der Waals surface area contributed by atoms with E-state index in [1.54, 1.807) is 0 Å². The lowest BCUT2D eigenvalue weighted by molar-refractivity contribution is -0.138. The molecule has 0 spiro atoms. The average molecular weight is 382 g/mol. The maximum absolute atomic E-state index is 12.9. The van der Waals surface area contributed by atoms with Crippen LogP contribution < -0.4 is 5.73 Å². The second kappa shape index (κ2) is 6.61. The first-order valence-electron chi connectivity index (χ1n) is 7.67. The molecule has 0 aliphatic heterocycles. The van der Waals surface area contributed by atoms with Gasteiger partial charge in [0.1, 0.15) is 0 Å². The number of nitrogens with zero attached hydrogens (tertiary/aromatic N) is 1. The van der Waals surface area contributed by atoms with Crippen molar-refractivity contribution in [3.8, 4) is 22.5 Å². The lowest BCUT2D eigenvalue weighted by Crippen LogP contribution is -2.05. The lowest BCUT2D eigenvalue weighted by Gasteiger charge is -2.12. The van der Waals surface area contributed by atoms with E-state index in [-0.39, 0.29) is 28.2 Å². The highest BCUT2D eigenvalue weighted by molar-refractivity contribution is 5.76. The van der Waals surface area contributed by atoms with E-state index < -0.39 is 23.5 Å². The van der Waals surface area contributed by atoms with Crippen molar-refractivity contribution in [1.82, 2.24) is 4.98 Å². The predicted octanol–water partition coefficient (Wildman–Crippen LogP) is 6.04. The van der Waals surface area contributed by atoms with Gasteiger partial charge in [-0.1, -0.05) is 24.3 Å². The molecule has 0 saturated heterocycles. The van der Waals surface area contributed by atoms with Crippen molar-refractivity contribution in [3.63, 3.8) is 0 Å². The standard InChI is InChI=1S/C19H12F6N2/c20-18(21,22)13-5-1-3-11(9-13)16-8-7-15(26)17(27-16)12-4-2-6-14(10-12)19(23,24)25/h1-10H,26H2. The van der Waals surface area contributed by atoms with E-state index in [4.69, 9.17) is 5.73 Å². The fraction of sp³-hybridized carbons (Fsp3) is 0.105. The molecule has 2 N–H and O–H groups in total. The SMILES string of the molecule is Nc1ccc(-c2cccc(C(F)(F)F)c2)nc1-c1cccc(C(F)(F)F)c1. The van der Waals surface area contributed by atoms with Gasteiger partial charge >= 0.3 is 12.4 Å². The third-order valence-electron chi connectivity index (χ3n) is 3.88. The van der Waals surface area contributed by atoms with Gasteiger partial charge in [0.2, 0.25) is 0 Å². The summed E-state index contributed by atoms with van der Waals surface area (Å²) in [5, 5.41) is 0. The van der Waals surface area contributed by atoms with Crippen molar-refractivity contribution in [2.45, 2.75) is 12.4 Å². The van der Waals surface area contributed by atoms with Crippen LogP contribution in [0.4, 0.5) is 32.0 Å². The van der Waals surface area contributed by atoms with Crippen LogP contribution in [0.5, 0.6) is 0 Å². The van der Waals surface area contributed by atoms with Gasteiger partial charge in [0.15, 0.2) is 0 Å². The minimum Gasteiger partial charge on any atom is -0.397 e. The first-order valence-corrected chi connectivity index (χ1v) is 7.67. The summed E-state index contributed by atoms with van der Waals surface area (Å²) < 4.78 is 77.5. The molecule has 2 aromatic carbocycles. The Balaban J connectivity index is 2.09. The fourth-order valence-corrected chi connectivity index (χ4v) is 2.56. The zero-order valence-corrected chi connectivity index (χ0v) is 13.6. The Morgan fingerprint density at radius 2 is 1.19 bits per heavy atom. The summed E-state index contributed by atoms with van der Waals surface area (Å²) in [5.41, 5.74) is 4.77. The summed E-state index contributed by atoms with van der Waals surface area (Å²) in [6.07, 6.45) is -9.06. The van der Waals surface area contributed by atoms with Crippen molar-refractivity contribution in [2.24, 2.45) is 0 Å². The van der Waals surface area contributed by atoms with Crippen LogP contribution in [0.1, 0.15) is 11.1 Å². The van der Waals surface area contributed by atoms with E-state index in [9.17, 15) is 26.3 Å². The normalized spacial score (nSPS) is 12.2. The topological polar surface area (TPSA) is 38.9 Å². The molecular weight excluding hydrogens is 370 g/mol. The molecular formula is C19H12F6N2. The monoisotopic (exact) mass is 382 g/mol. The van der Waals surface area contributed by atoms with Gasteiger partial charge in [0, 0.05) is 11.1 Å². The Morgan fingerprint density at radius 1 is 0.667 bits per heavy atom. The van der Waals surface area contributed by atoms with Gasteiger partial charge in [-0.3, -0.25) is 0 Å². The summed E-state index contributed by atoms with van der Waals surface area (Å²) in [4.78, 5) is 4.20. The average Bonchev–Trinajstić information content (AvgIpc) is 2.61. The minimum absolute atomic E-state index is 0.0658. The van der Waals surface area contributed by atoms with E-state index in [2.05, 4.69) is 4.98 Å². The van der Waals surface area contributed by atoms with E-state index in [1.165, 1.54) is 36.4 Å². The van der Waals surface area contributed by atoms with E-state index in [0.29, 0.717) is 0 Å². The van der Waals surface area contributed by atoms with Gasteiger partial charge in [-0.05, 0) is 36.4 Å². The Hall–Kier alpha value is -3.03. The van der Waals surface area contributed by atoms with Gasteiger partial charge in [-0.15, -0.1) is 0 Å². The number of anilines is 1. The molecule has 0 unspecified atom stereocenters. The second-order valence-electron chi connectivity index (χ2n) is 5.79. The van der Waals surface area contributed by atoms with Crippen LogP contribution in [-0.4, -0.2) is 4.98 Å². The largest absolute Gasteiger partial charge is 0.416 e. The number of hydrogen-bond donors (Lipinski definition) is 1. The number of halogens is 6. The number of rotatable bonds is 2. The van der Waals surface area contributed by atoms with Gasteiger partial charge in [-0.25, -0.2) is 4.98 Å². The van der Waals surface area contributed by atoms with Crippen LogP contribution in [0.2, 0.25) is 0 Å². The van der Waals surface area contributed by atoms with Gasteiger partial charge in [0.25, 0.3) is 0 Å². The van der Waals surface area contributed by atoms with E-state index >= 15 is 0 Å². The van der Waals surface area contributed by atoms with Crippen LogP contribution in [0, 0.1) is 0 Å². The van der Waals surface area contributed by atoms with Crippen LogP contribution in [0.25, 0.3) is 22.5 Å². The van der Waals surface area contributed by atoms with Crippen molar-refractivity contribution in [1.29, 1.82) is 0 Å². The Morgan fingerprint density at radius 3 is 1.74 bits per heavy atom. The first-order chi connectivity index (χ1) is 12.6. The summed E-state index contributed by atoms with van der Waals surface area (Å²) >= 11 is 0. The molecule has 1 heterocycles. The van der Waals surface area contributed by atoms with Crippen LogP contribution in [-0.2, 0) is 12.4 Å². The van der Waals surface area contributed by atoms with Crippen molar-refractivity contribution in [3.05, 3.63) is 71.8 Å². The van der Waals surface area contributed by atoms with Crippen molar-refractivity contribution >= 4 is 5.69 Å². The van der Waals surface area contributed by atoms with Gasteiger partial charge in [0.05, 0.1) is 28.2 Å². The van der Waals surface area contributed by atoms with Gasteiger partial charge < -0.3 is 5.73 Å². The molecule has 1 aromatic heterocycles. The summed E-state index contributed by atoms with van der Waals surface area (Å²) in [6.45, 7) is 0. The number of alkyl halides is 6. The summed E-state index contributed by atoms with van der Waals surface area (Å²) in [5.74, 6) is 0. The fourth-order valence-electron chi connectivity index (χ4n) is 2.56. The molecule has 0 bridgehead atoms. The highest BCUT2D eigenvalue weighted by Crippen LogP contribution is 2.35. The Kier molecular flexibility index (Phi) is 4.59. The van der Waals surface area contributed by atoms with Crippen LogP contribution in [0.3, 0.4) is 0 Å². The molecule has 0 aliphatic carbocycles. The smallest absolute Gasteiger partial charge is 0.397 e. The molecule has 8 heteroatoms. The molecule has 140 valence electrons. The van der Waals surface area contributed by atoms with Crippen LogP contribution >= 0.6 is 0 Å². The number of hydrogen-bond acceptors (Lipinski definition) is 2. The van der Waals surface area contributed by atoms with E-state index in [0.717, 1.165) is 24.3 Å². The zero-order chi connectivity index (χ0) is 19.8. The highest BCUT2D eigenvalue weighted by Gasteiger charge is 2.31. The summed E-state index contributed by atoms with van der Waals surface area (Å²) in [6, 6.07) is 11.8. The highest BCUT2D eigenvalue weighted by atomic mass is 19.4. The third kappa shape index (κ3) is 4.05. The number of pyridine rings is 1. The molecule has 27 heavy (non-hydrogen) atoms. The first kappa shape index (κ1) is 18.8. The number of nitrogens with two attached hydrogens (primary N) is 1. The maximum atomic E-state index is 12.9. The van der Waals surface area contributed by atoms with Crippen molar-refractivity contribution in [2.75, 3.05) is 5.73 Å². The quantitative estimate of drug-likeness (QED) is 0.549. The molecule has 0 aliphatic rings. The molecule has 0 radical (unpaired) electrons. The van der Waals surface area contributed by atoms with E-state index in [1.807, 2.05) is 0 Å². The third-order valence-corrected chi connectivity index (χ3v) is 3.88. The van der Waals surface area contributed by atoms with Crippen molar-refractivity contribution < 1.29 is 26.3 Å². The maximum Gasteiger partial charge on any atom is 0.416 e. The van der Waals surface area contributed by atoms with Gasteiger partial charge in [-0.2, -0.15) is 26.3 Å². The predicted molar refractivity (Wildman–Crippen MR) is 89.5 cm³/mol.